The second-order valence-corrected chi connectivity index (χ2v) is 9.89. The number of fused-ring (bicyclic) bond motifs is 1. The number of anilines is 2. The Morgan fingerprint density at radius 1 is 1.13 bits per heavy atom. The molecule has 3 aromatic rings. The average molecular weight is 598 g/mol. The van der Waals surface area contributed by atoms with Gasteiger partial charge in [-0.05, 0) is 85.9 Å². The number of benzene rings is 2. The largest absolute Gasteiger partial charge is 0.490 e. The molecule has 2 heterocycles. The lowest BCUT2D eigenvalue weighted by Gasteiger charge is -2.29. The van der Waals surface area contributed by atoms with Crippen molar-refractivity contribution in [3.05, 3.63) is 69.6 Å². The Morgan fingerprint density at radius 3 is 2.59 bits per heavy atom. The molecule has 2 amide bonds. The zero-order valence-corrected chi connectivity index (χ0v) is 24.3. The minimum Gasteiger partial charge on any atom is -0.490 e. The van der Waals surface area contributed by atoms with Gasteiger partial charge in [-0.25, -0.2) is 4.68 Å². The number of nitrogens with zero attached hydrogens (tertiary/aromatic N) is 4. The molecule has 206 valence electrons. The zero-order valence-electron chi connectivity index (χ0n) is 22.7. The number of rotatable bonds is 10. The van der Waals surface area contributed by atoms with Crippen LogP contribution in [-0.2, 0) is 9.59 Å². The van der Waals surface area contributed by atoms with Crippen LogP contribution in [0, 0.1) is 6.92 Å². The van der Waals surface area contributed by atoms with Crippen LogP contribution in [0.1, 0.15) is 44.9 Å². The summed E-state index contributed by atoms with van der Waals surface area (Å²) < 4.78 is 14.1. The summed E-state index contributed by atoms with van der Waals surface area (Å²) in [6.07, 6.45) is 1.44. The van der Waals surface area contributed by atoms with Crippen molar-refractivity contribution < 1.29 is 19.1 Å². The summed E-state index contributed by atoms with van der Waals surface area (Å²) in [6, 6.07) is 10.7. The number of ether oxygens (including phenoxy) is 2. The Kier molecular flexibility index (Phi) is 8.90. The molecule has 0 saturated heterocycles. The number of halogens is 1. The van der Waals surface area contributed by atoms with Gasteiger partial charge >= 0.3 is 0 Å². The first-order chi connectivity index (χ1) is 18.8. The second kappa shape index (κ2) is 12.3. The van der Waals surface area contributed by atoms with E-state index in [1.165, 1.54) is 6.33 Å². The van der Waals surface area contributed by atoms with Crippen LogP contribution < -0.4 is 20.1 Å². The lowest BCUT2D eigenvalue weighted by molar-refractivity contribution is -0.133. The van der Waals surface area contributed by atoms with Gasteiger partial charge in [0, 0.05) is 24.5 Å². The Bertz CT molecular complexity index is 1400. The van der Waals surface area contributed by atoms with Crippen molar-refractivity contribution in [3.8, 4) is 11.5 Å². The van der Waals surface area contributed by atoms with Gasteiger partial charge in [-0.2, -0.15) is 10.1 Å². The normalized spacial score (nSPS) is 14.4. The van der Waals surface area contributed by atoms with Crippen molar-refractivity contribution in [2.75, 3.05) is 36.9 Å². The third kappa shape index (κ3) is 6.08. The lowest BCUT2D eigenvalue weighted by Crippen LogP contribution is -2.34. The fraction of sp³-hybridized carbons (Fsp3) is 0.357. The lowest BCUT2D eigenvalue weighted by atomic mass is 9.94. The van der Waals surface area contributed by atoms with Gasteiger partial charge in [0.25, 0.3) is 11.8 Å². The summed E-state index contributed by atoms with van der Waals surface area (Å²) in [5.74, 6) is 1.00. The molecule has 1 aromatic heterocycles. The first kappa shape index (κ1) is 28.2. The van der Waals surface area contributed by atoms with E-state index in [-0.39, 0.29) is 18.4 Å². The van der Waals surface area contributed by atoms with E-state index in [1.54, 1.807) is 9.58 Å². The number of allylic oxidation sites excluding steroid dienone is 1. The Morgan fingerprint density at radius 2 is 1.90 bits per heavy atom. The predicted molar refractivity (Wildman–Crippen MR) is 153 cm³/mol. The maximum absolute atomic E-state index is 13.7. The van der Waals surface area contributed by atoms with Gasteiger partial charge in [-0.15, -0.1) is 0 Å². The maximum Gasteiger partial charge on any atom is 0.260 e. The highest BCUT2D eigenvalue weighted by atomic mass is 79.9. The van der Waals surface area contributed by atoms with Crippen LogP contribution >= 0.6 is 15.9 Å². The molecule has 39 heavy (non-hydrogen) atoms. The molecule has 0 aliphatic carbocycles. The molecule has 0 fully saturated rings. The first-order valence-electron chi connectivity index (χ1n) is 12.9. The molecule has 0 radical (unpaired) electrons. The summed E-state index contributed by atoms with van der Waals surface area (Å²) in [7, 11) is 0. The van der Waals surface area contributed by atoms with Gasteiger partial charge in [-0.1, -0.05) is 12.1 Å². The molecular formula is C28H33BrN6O4. The van der Waals surface area contributed by atoms with Crippen LogP contribution in [-0.4, -0.2) is 57.8 Å². The number of nitrogens with one attached hydrogen (secondary N) is 2. The zero-order chi connectivity index (χ0) is 28.1. The van der Waals surface area contributed by atoms with Gasteiger partial charge in [0.2, 0.25) is 5.95 Å². The number of aryl methyl sites for hydroxylation is 1. The molecule has 2 aromatic carbocycles. The molecule has 4 rings (SSSR count). The number of likely N-dealkylation sites (N-methyl/N-ethyl adjacent to an activating group) is 1. The number of aromatic nitrogens is 3. The number of hydrogen-bond acceptors (Lipinski definition) is 7. The van der Waals surface area contributed by atoms with Crippen molar-refractivity contribution >= 4 is 39.4 Å². The highest BCUT2D eigenvalue weighted by Gasteiger charge is 2.34. The summed E-state index contributed by atoms with van der Waals surface area (Å²) in [4.78, 5) is 32.3. The number of carbonyl (C=O) groups is 2. The number of hydrogen-bond donors (Lipinski definition) is 2. The fourth-order valence-electron chi connectivity index (χ4n) is 4.56. The van der Waals surface area contributed by atoms with E-state index < -0.39 is 6.04 Å². The molecule has 0 saturated carbocycles. The van der Waals surface area contributed by atoms with Crippen molar-refractivity contribution in [1.29, 1.82) is 0 Å². The average Bonchev–Trinajstić information content (AvgIpc) is 3.36. The van der Waals surface area contributed by atoms with E-state index in [0.29, 0.717) is 58.6 Å². The predicted octanol–water partition coefficient (Wildman–Crippen LogP) is 4.92. The second-order valence-electron chi connectivity index (χ2n) is 9.04. The van der Waals surface area contributed by atoms with Crippen molar-refractivity contribution in [1.82, 2.24) is 19.7 Å². The van der Waals surface area contributed by atoms with E-state index in [9.17, 15) is 9.59 Å². The highest BCUT2D eigenvalue weighted by Crippen LogP contribution is 2.43. The Labute approximate surface area is 236 Å². The maximum atomic E-state index is 13.7. The van der Waals surface area contributed by atoms with Crippen LogP contribution in [0.15, 0.2) is 58.5 Å². The quantitative estimate of drug-likeness (QED) is 0.341. The van der Waals surface area contributed by atoms with Crippen molar-refractivity contribution in [2.24, 2.45) is 0 Å². The highest BCUT2D eigenvalue weighted by molar-refractivity contribution is 9.10. The number of amides is 2. The van der Waals surface area contributed by atoms with Crippen LogP contribution in [0.3, 0.4) is 0 Å². The summed E-state index contributed by atoms with van der Waals surface area (Å²) in [5.41, 5.74) is 3.60. The summed E-state index contributed by atoms with van der Waals surface area (Å²) in [6.45, 7) is 11.0. The van der Waals surface area contributed by atoms with Crippen molar-refractivity contribution in [2.45, 2.75) is 40.7 Å². The molecule has 0 bridgehead atoms. The molecular weight excluding hydrogens is 564 g/mol. The van der Waals surface area contributed by atoms with Gasteiger partial charge in [0.05, 0.1) is 16.7 Å². The van der Waals surface area contributed by atoms with E-state index in [1.807, 2.05) is 71.0 Å². The van der Waals surface area contributed by atoms with Gasteiger partial charge < -0.3 is 25.0 Å². The van der Waals surface area contributed by atoms with E-state index >= 15 is 0 Å². The Balaban J connectivity index is 1.73. The topological polar surface area (TPSA) is 111 Å². The SMILES string of the molecule is CCOc1cc(C2C(C(=O)Nc3cccc(C)c3)=C(C)Nc3ncnn32)cc(Br)c1OCC(=O)N(CC)CC. The third-order valence-corrected chi connectivity index (χ3v) is 7.01. The van der Waals surface area contributed by atoms with Gasteiger partial charge in [0.1, 0.15) is 12.4 Å². The first-order valence-corrected chi connectivity index (χ1v) is 13.7. The molecule has 1 aliphatic rings. The monoisotopic (exact) mass is 596 g/mol. The van der Waals surface area contributed by atoms with Crippen LogP contribution in [0.25, 0.3) is 0 Å². The van der Waals surface area contributed by atoms with E-state index in [4.69, 9.17) is 9.47 Å². The minimum atomic E-state index is -0.601. The Hall–Kier alpha value is -3.86. The summed E-state index contributed by atoms with van der Waals surface area (Å²) in [5, 5.41) is 10.6. The molecule has 2 N–H and O–H groups in total. The van der Waals surface area contributed by atoms with E-state index in [2.05, 4.69) is 36.6 Å². The molecule has 11 heteroatoms. The van der Waals surface area contributed by atoms with Crippen molar-refractivity contribution in [3.63, 3.8) is 0 Å². The molecule has 10 nitrogen and oxygen atoms in total. The minimum absolute atomic E-state index is 0.113. The fourth-order valence-corrected chi connectivity index (χ4v) is 5.14. The van der Waals surface area contributed by atoms with Crippen LogP contribution in [0.4, 0.5) is 11.6 Å². The third-order valence-electron chi connectivity index (χ3n) is 6.42. The molecule has 0 spiro atoms. The van der Waals surface area contributed by atoms with Crippen LogP contribution in [0.2, 0.25) is 0 Å². The van der Waals surface area contributed by atoms with Gasteiger partial charge in [-0.3, -0.25) is 9.59 Å². The molecule has 1 atom stereocenters. The summed E-state index contributed by atoms with van der Waals surface area (Å²) >= 11 is 3.61. The van der Waals surface area contributed by atoms with Crippen LogP contribution in [0.5, 0.6) is 11.5 Å². The van der Waals surface area contributed by atoms with E-state index in [0.717, 1.165) is 11.1 Å². The number of carbonyl (C=O) groups excluding carboxylic acids is 2. The molecule has 1 unspecified atom stereocenters. The standard InChI is InChI=1S/C28H33BrN6O4/c1-6-34(7-2)23(36)15-39-26-21(29)13-19(14-22(26)38-8-3)25-24(18(5)32-28-30-16-31-35(25)28)27(37)33-20-11-9-10-17(4)12-20/h9-14,16,25H,6-8,15H2,1-5H3,(H,33,37)(H,30,31,32). The molecule has 1 aliphatic heterocycles. The van der Waals surface area contributed by atoms with Gasteiger partial charge in [0.15, 0.2) is 18.1 Å². The smallest absolute Gasteiger partial charge is 0.260 e.